The molecule has 3 aromatic rings. The second-order valence-corrected chi connectivity index (χ2v) is 25.2. The average molecular weight is 1090 g/mol. The zero-order valence-corrected chi connectivity index (χ0v) is 42.5. The molecule has 1 atom stereocenters. The molecule has 1 unspecified atom stereocenters. The van der Waals surface area contributed by atoms with Gasteiger partial charge in [0, 0.05) is 77.9 Å². The van der Waals surface area contributed by atoms with Gasteiger partial charge in [-0.3, -0.25) is 27.8 Å². The minimum Gasteiger partial charge on any atom is -0.748 e. The van der Waals surface area contributed by atoms with Crippen molar-refractivity contribution in [3.63, 3.8) is 0 Å². The molecule has 22 nitrogen and oxygen atoms in total. The molecule has 1 saturated heterocycles. The molecule has 0 aliphatic carbocycles. The van der Waals surface area contributed by atoms with Gasteiger partial charge in [0.2, 0.25) is 5.69 Å². The lowest BCUT2D eigenvalue weighted by Crippen LogP contribution is -2.32. The number of hydroxylamine groups is 2. The van der Waals surface area contributed by atoms with Gasteiger partial charge in [0.25, 0.3) is 52.3 Å². The summed E-state index contributed by atoms with van der Waals surface area (Å²) in [6.45, 7) is 5.16. The molecule has 71 heavy (non-hydrogen) atoms. The van der Waals surface area contributed by atoms with Gasteiger partial charge in [-0.2, -0.15) is 38.2 Å². The van der Waals surface area contributed by atoms with E-state index in [0.29, 0.717) is 57.9 Å². The third-order valence-corrected chi connectivity index (χ3v) is 16.7. The van der Waals surface area contributed by atoms with E-state index < -0.39 is 105 Å². The molecule has 386 valence electrons. The van der Waals surface area contributed by atoms with Crippen molar-refractivity contribution in [1.82, 2.24) is 5.06 Å². The average Bonchev–Trinajstić information content (AvgIpc) is 3.76. The first kappa shape index (κ1) is 55.1. The molecule has 1 fully saturated rings. The highest BCUT2D eigenvalue weighted by atomic mass is 32.2. The maximum Gasteiger partial charge on any atom is 0.333 e. The summed E-state index contributed by atoms with van der Waals surface area (Å²) < 4.78 is 175. The first-order chi connectivity index (χ1) is 32.7. The van der Waals surface area contributed by atoms with E-state index in [1.54, 1.807) is 60.6 Å². The number of rotatable bonds is 21. The minimum atomic E-state index is -5.06. The maximum atomic E-state index is 12.5. The van der Waals surface area contributed by atoms with Gasteiger partial charge < -0.3 is 14.3 Å². The molecule has 2 amide bonds. The maximum absolute atomic E-state index is 12.5. The number of imide groups is 1. The van der Waals surface area contributed by atoms with Crippen molar-refractivity contribution >= 4 is 96.2 Å². The Labute approximate surface area is 411 Å². The Morgan fingerprint density at radius 1 is 0.746 bits per heavy atom. The predicted molar refractivity (Wildman–Crippen MR) is 254 cm³/mol. The Balaban J connectivity index is 1.38. The summed E-state index contributed by atoms with van der Waals surface area (Å²) in [5.41, 5.74) is 0.387. The number of carbonyl (C=O) groups excluding carboxylic acids is 3. The molecule has 3 aromatic carbocycles. The number of amides is 2. The monoisotopic (exact) mass is 1090 g/mol. The topological polar surface area (TPSA) is 345 Å². The molecular weight excluding hydrogens is 1030 g/mol. The normalized spacial score (nSPS) is 19.3. The molecule has 0 spiro atoms. The molecule has 6 rings (SSSR count). The molecular formula is C44H51N3O19S5. The molecule has 0 radical (unpaired) electrons. The quantitative estimate of drug-likeness (QED) is 0.0375. The summed E-state index contributed by atoms with van der Waals surface area (Å²) in [4.78, 5) is 40.9. The minimum absolute atomic E-state index is 0.0239. The van der Waals surface area contributed by atoms with Crippen molar-refractivity contribution in [2.45, 2.75) is 104 Å². The van der Waals surface area contributed by atoms with Gasteiger partial charge in [0.1, 0.15) is 11.4 Å². The molecule has 3 aliphatic rings. The van der Waals surface area contributed by atoms with Gasteiger partial charge in [0.05, 0.1) is 31.1 Å². The second-order valence-electron chi connectivity index (χ2n) is 17.9. The fraction of sp³-hybridized carbons (Fsp3) is 0.409. The van der Waals surface area contributed by atoms with Crippen LogP contribution in [0.1, 0.15) is 89.7 Å². The molecule has 0 bridgehead atoms. The molecule has 3 heterocycles. The van der Waals surface area contributed by atoms with Crippen LogP contribution in [0.4, 0.5) is 11.4 Å². The van der Waals surface area contributed by atoms with Crippen LogP contribution in [-0.2, 0) is 80.6 Å². The van der Waals surface area contributed by atoms with E-state index in [4.69, 9.17) is 4.84 Å². The van der Waals surface area contributed by atoms with Crippen LogP contribution >= 0.6 is 0 Å². The van der Waals surface area contributed by atoms with Crippen LogP contribution in [0.25, 0.3) is 10.8 Å². The number of carbonyl (C=O) groups is 3. The Morgan fingerprint density at radius 2 is 1.41 bits per heavy atom. The van der Waals surface area contributed by atoms with E-state index in [1.165, 1.54) is 30.3 Å². The van der Waals surface area contributed by atoms with E-state index in [2.05, 4.69) is 0 Å². The number of hydrogen-bond acceptors (Lipinski definition) is 16. The number of anilines is 1. The Bertz CT molecular complexity index is 3400. The molecule has 0 aromatic heterocycles. The second kappa shape index (κ2) is 20.3. The van der Waals surface area contributed by atoms with Crippen molar-refractivity contribution in [1.29, 1.82) is 0 Å². The van der Waals surface area contributed by atoms with Crippen molar-refractivity contribution in [2.75, 3.05) is 29.5 Å². The van der Waals surface area contributed by atoms with Gasteiger partial charge in [0.15, 0.2) is 5.71 Å². The Morgan fingerprint density at radius 3 is 2.01 bits per heavy atom. The lowest BCUT2D eigenvalue weighted by atomic mass is 9.77. The number of allylic oxidation sites excluding steroid dienone is 6. The van der Waals surface area contributed by atoms with Crippen LogP contribution in [0.5, 0.6) is 0 Å². The van der Waals surface area contributed by atoms with Crippen LogP contribution in [0.2, 0.25) is 0 Å². The molecule has 4 N–H and O–H groups in total. The van der Waals surface area contributed by atoms with Crippen molar-refractivity contribution < 1.29 is 88.6 Å². The fourth-order valence-corrected chi connectivity index (χ4v) is 12.2. The summed E-state index contributed by atoms with van der Waals surface area (Å²) >= 11 is 0. The number of unbranched alkanes of at least 4 members (excludes halogenated alkanes) is 2. The summed E-state index contributed by atoms with van der Waals surface area (Å²) in [6.07, 6.45) is 8.93. The fourth-order valence-electron chi connectivity index (χ4n) is 9.33. The van der Waals surface area contributed by atoms with Gasteiger partial charge in [-0.05, 0) is 93.5 Å². The predicted octanol–water partition coefficient (Wildman–Crippen LogP) is 4.50. The smallest absolute Gasteiger partial charge is 0.333 e. The van der Waals surface area contributed by atoms with E-state index >= 15 is 0 Å². The summed E-state index contributed by atoms with van der Waals surface area (Å²) in [5.74, 6) is -3.42. The van der Waals surface area contributed by atoms with E-state index in [-0.39, 0.29) is 68.8 Å². The SMILES string of the molecule is CC1(C)C(/C=C/C=C/C=C2/N(CCCS(=O)(=O)[O-])c3ccc(S(=O)(=O)O)cc3C2(C)CCCCCC(=O)ON2C(=O)CCC2=O)=[N+](CCCS(=O)(=O)O)c2ccc3c(S(=O)(=O)O)cc(S(=O)(=O)O)cc3c21. The first-order valence-corrected chi connectivity index (χ1v) is 29.4. The van der Waals surface area contributed by atoms with Crippen LogP contribution in [0, 0.1) is 0 Å². The molecule has 0 saturated carbocycles. The van der Waals surface area contributed by atoms with Crippen molar-refractivity contribution in [3.05, 3.63) is 89.7 Å². The molecule has 3 aliphatic heterocycles. The van der Waals surface area contributed by atoms with Crippen molar-refractivity contribution in [3.8, 4) is 0 Å². The third-order valence-electron chi connectivity index (χ3n) is 12.5. The first-order valence-electron chi connectivity index (χ1n) is 21.9. The van der Waals surface area contributed by atoms with Gasteiger partial charge >= 0.3 is 5.97 Å². The highest BCUT2D eigenvalue weighted by Gasteiger charge is 2.47. The lowest BCUT2D eigenvalue weighted by molar-refractivity contribution is -0.437. The highest BCUT2D eigenvalue weighted by molar-refractivity contribution is 7.87. The van der Waals surface area contributed by atoms with Crippen LogP contribution < -0.4 is 4.90 Å². The van der Waals surface area contributed by atoms with Gasteiger partial charge in [-0.25, -0.2) is 13.2 Å². The van der Waals surface area contributed by atoms with Crippen LogP contribution in [0.3, 0.4) is 0 Å². The Kier molecular flexibility index (Phi) is 15.8. The van der Waals surface area contributed by atoms with Crippen molar-refractivity contribution in [2.24, 2.45) is 0 Å². The summed E-state index contributed by atoms with van der Waals surface area (Å²) in [5, 5.41) is 0.388. The zero-order chi connectivity index (χ0) is 52.7. The molecule has 27 heteroatoms. The standard InChI is InChI=1S/C44H51N3O19S5/c1-43(2)37(46(23-11-25-68(54,55)56)35-18-16-31-32(42(35)43)26-30(70(60,61)62)28-36(31)71(63,64)65)12-6-4-7-13-38-44(3,21-9-5-8-14-41(50)66-47-39(48)19-20-40(47)49)33-27-29(69(57,58)59)15-17-34(33)45(38)22-10-24-67(51,52)53/h4,6-7,12-13,15-18,26-28H,5,8-11,14,19-25H2,1-3H3,(H4-,51,52,53,54,55,56,57,58,59,60,61,62,63,64,65). The summed E-state index contributed by atoms with van der Waals surface area (Å²) in [7, 11) is -23.9. The number of hydrogen-bond donors (Lipinski definition) is 4. The van der Waals surface area contributed by atoms with E-state index in [1.807, 2.05) is 0 Å². The largest absolute Gasteiger partial charge is 0.748 e. The third kappa shape index (κ3) is 12.5. The summed E-state index contributed by atoms with van der Waals surface area (Å²) in [6, 6.07) is 8.40. The van der Waals surface area contributed by atoms with Gasteiger partial charge in [-0.15, -0.1) is 5.06 Å². The number of fused-ring (bicyclic) bond motifs is 4. The van der Waals surface area contributed by atoms with E-state index in [9.17, 15) is 79.2 Å². The van der Waals surface area contributed by atoms with Crippen LogP contribution in [-0.4, -0.2) is 123 Å². The highest BCUT2D eigenvalue weighted by Crippen LogP contribution is 2.52. The van der Waals surface area contributed by atoms with Crippen LogP contribution in [0.15, 0.2) is 93.2 Å². The number of benzene rings is 3. The van der Waals surface area contributed by atoms with E-state index in [0.717, 1.165) is 6.07 Å². The van der Waals surface area contributed by atoms with Gasteiger partial charge in [-0.1, -0.05) is 31.1 Å². The lowest BCUT2D eigenvalue weighted by Gasteiger charge is -2.30. The Hall–Kier alpha value is -5.23. The zero-order valence-electron chi connectivity index (χ0n) is 38.4. The number of nitrogens with zero attached hydrogens (tertiary/aromatic N) is 3.